The van der Waals surface area contributed by atoms with Crippen molar-refractivity contribution in [2.24, 2.45) is 5.92 Å². The van der Waals surface area contributed by atoms with Gasteiger partial charge in [0.2, 0.25) is 0 Å². The molecule has 0 radical (unpaired) electrons. The number of anilines is 2. The molecule has 1 amide bonds. The van der Waals surface area contributed by atoms with Gasteiger partial charge in [-0.05, 0) is 91.6 Å². The van der Waals surface area contributed by atoms with E-state index in [9.17, 15) is 13.2 Å². The number of carbonyl (C=O) groups excluding carboxylic acids is 1. The Morgan fingerprint density at radius 2 is 1.54 bits per heavy atom. The van der Waals surface area contributed by atoms with Gasteiger partial charge < -0.3 is 10.1 Å². The average molecular weight is 512 g/mol. The molecule has 0 unspecified atom stereocenters. The largest absolute Gasteiger partial charge is 0.493 e. The molecule has 0 atom stereocenters. The lowest BCUT2D eigenvalue weighted by molar-refractivity contribution is 0.0977. The summed E-state index contributed by atoms with van der Waals surface area (Å²) < 4.78 is 33.9. The van der Waals surface area contributed by atoms with Crippen molar-refractivity contribution in [3.05, 3.63) is 83.4 Å². The molecule has 0 heterocycles. The summed E-state index contributed by atoms with van der Waals surface area (Å²) in [4.78, 5) is 12.6. The van der Waals surface area contributed by atoms with E-state index in [2.05, 4.69) is 29.2 Å². The molecule has 0 spiro atoms. The highest BCUT2D eigenvalue weighted by Crippen LogP contribution is 2.24. The zero-order valence-electron chi connectivity index (χ0n) is 20.1. The molecule has 3 rings (SSSR count). The van der Waals surface area contributed by atoms with Crippen molar-refractivity contribution >= 4 is 44.6 Å². The van der Waals surface area contributed by atoms with Gasteiger partial charge in [-0.2, -0.15) is 0 Å². The minimum absolute atomic E-state index is 0.0967. The number of nitrogens with one attached hydrogen (secondary N) is 3. The van der Waals surface area contributed by atoms with Gasteiger partial charge in [-0.1, -0.05) is 32.0 Å². The maximum Gasteiger partial charge on any atom is 0.261 e. The van der Waals surface area contributed by atoms with Gasteiger partial charge in [-0.3, -0.25) is 14.8 Å². The first-order valence-electron chi connectivity index (χ1n) is 11.1. The highest BCUT2D eigenvalue weighted by atomic mass is 32.2. The van der Waals surface area contributed by atoms with E-state index in [0.717, 1.165) is 11.1 Å². The van der Waals surface area contributed by atoms with Crippen LogP contribution in [0.3, 0.4) is 0 Å². The number of amides is 1. The normalized spacial score (nSPS) is 11.1. The van der Waals surface area contributed by atoms with E-state index in [1.54, 1.807) is 36.4 Å². The van der Waals surface area contributed by atoms with Crippen molar-refractivity contribution in [2.45, 2.75) is 32.6 Å². The molecule has 0 aromatic heterocycles. The number of hydrogen-bond donors (Lipinski definition) is 3. The van der Waals surface area contributed by atoms with E-state index in [4.69, 9.17) is 17.0 Å². The van der Waals surface area contributed by atoms with Gasteiger partial charge in [-0.25, -0.2) is 8.42 Å². The molecule has 0 fully saturated rings. The fraction of sp³-hybridized carbons (Fsp3) is 0.231. The Hall–Kier alpha value is -3.43. The average Bonchev–Trinajstić information content (AvgIpc) is 2.81. The standard InChI is InChI=1S/C26H29N3O4S2/c1-17(2)16-33-22-12-8-20(9-13-22)25(30)28-26(34)27-21-10-14-23(15-11-21)35(31,32)29-24-18(3)6-5-7-19(24)4/h5-15,17,29H,16H2,1-4H3,(H2,27,28,30,34). The molecule has 0 saturated carbocycles. The fourth-order valence-corrected chi connectivity index (χ4v) is 4.60. The van der Waals surface area contributed by atoms with Crippen molar-refractivity contribution in [1.82, 2.24) is 5.32 Å². The van der Waals surface area contributed by atoms with E-state index in [1.165, 1.54) is 12.1 Å². The lowest BCUT2D eigenvalue weighted by atomic mass is 10.1. The van der Waals surface area contributed by atoms with Crippen LogP contribution in [-0.2, 0) is 10.0 Å². The number of hydrogen-bond acceptors (Lipinski definition) is 5. The van der Waals surface area contributed by atoms with Crippen LogP contribution in [0.15, 0.2) is 71.6 Å². The second-order valence-electron chi connectivity index (χ2n) is 8.53. The van der Waals surface area contributed by atoms with Crippen LogP contribution in [-0.4, -0.2) is 26.0 Å². The van der Waals surface area contributed by atoms with Crippen LogP contribution in [0, 0.1) is 19.8 Å². The quantitative estimate of drug-likeness (QED) is 0.357. The summed E-state index contributed by atoms with van der Waals surface area (Å²) in [5.41, 5.74) is 3.22. The minimum atomic E-state index is -3.76. The van der Waals surface area contributed by atoms with Gasteiger partial charge in [0, 0.05) is 11.3 Å². The van der Waals surface area contributed by atoms with Crippen LogP contribution < -0.4 is 20.1 Å². The summed E-state index contributed by atoms with van der Waals surface area (Å²) in [6.45, 7) is 8.42. The van der Waals surface area contributed by atoms with Gasteiger partial charge in [0.15, 0.2) is 5.11 Å². The number of aryl methyl sites for hydroxylation is 2. The Kier molecular flexibility index (Phi) is 8.48. The number of benzene rings is 3. The van der Waals surface area contributed by atoms with Gasteiger partial charge in [-0.15, -0.1) is 0 Å². The molecule has 0 aliphatic rings. The van der Waals surface area contributed by atoms with E-state index in [0.29, 0.717) is 35.2 Å². The van der Waals surface area contributed by atoms with Gasteiger partial charge >= 0.3 is 0 Å². The molecule has 3 N–H and O–H groups in total. The smallest absolute Gasteiger partial charge is 0.261 e. The third kappa shape index (κ3) is 7.27. The van der Waals surface area contributed by atoms with E-state index >= 15 is 0 Å². The molecule has 0 aliphatic carbocycles. The van der Waals surface area contributed by atoms with Crippen molar-refractivity contribution in [3.8, 4) is 5.75 Å². The molecule has 0 saturated heterocycles. The SMILES string of the molecule is Cc1cccc(C)c1NS(=O)(=O)c1ccc(NC(=S)NC(=O)c2ccc(OCC(C)C)cc2)cc1. The van der Waals surface area contributed by atoms with Crippen LogP contribution in [0.1, 0.15) is 35.3 Å². The fourth-order valence-electron chi connectivity index (χ4n) is 3.19. The molecular weight excluding hydrogens is 482 g/mol. The highest BCUT2D eigenvalue weighted by molar-refractivity contribution is 7.92. The predicted octanol–water partition coefficient (Wildman–Crippen LogP) is 5.27. The van der Waals surface area contributed by atoms with Crippen LogP contribution in [0.4, 0.5) is 11.4 Å². The lowest BCUT2D eigenvalue weighted by Gasteiger charge is -2.14. The third-order valence-electron chi connectivity index (χ3n) is 5.07. The summed E-state index contributed by atoms with van der Waals surface area (Å²) in [5, 5.41) is 5.60. The molecule has 3 aromatic rings. The van der Waals surface area contributed by atoms with E-state index < -0.39 is 10.0 Å². The van der Waals surface area contributed by atoms with Gasteiger partial charge in [0.1, 0.15) is 5.75 Å². The van der Waals surface area contributed by atoms with E-state index in [-0.39, 0.29) is 15.9 Å². The lowest BCUT2D eigenvalue weighted by Crippen LogP contribution is -2.34. The maximum absolute atomic E-state index is 12.8. The van der Waals surface area contributed by atoms with Crippen LogP contribution in [0.25, 0.3) is 0 Å². The summed E-state index contributed by atoms with van der Waals surface area (Å²) >= 11 is 5.23. The topological polar surface area (TPSA) is 96.5 Å². The summed E-state index contributed by atoms with van der Waals surface area (Å²) in [6.07, 6.45) is 0. The van der Waals surface area contributed by atoms with Crippen LogP contribution in [0.5, 0.6) is 5.75 Å². The number of sulfonamides is 1. The summed E-state index contributed by atoms with van der Waals surface area (Å²) in [7, 11) is -3.76. The Morgan fingerprint density at radius 3 is 2.11 bits per heavy atom. The molecule has 7 nitrogen and oxygen atoms in total. The zero-order chi connectivity index (χ0) is 25.6. The minimum Gasteiger partial charge on any atom is -0.493 e. The summed E-state index contributed by atoms with van der Waals surface area (Å²) in [5.74, 6) is 0.733. The van der Waals surface area contributed by atoms with Crippen molar-refractivity contribution < 1.29 is 17.9 Å². The third-order valence-corrected chi connectivity index (χ3v) is 6.64. The number of para-hydroxylation sites is 1. The van der Waals surface area contributed by atoms with Crippen molar-refractivity contribution in [3.63, 3.8) is 0 Å². The molecule has 9 heteroatoms. The Balaban J connectivity index is 1.59. The number of thiocarbonyl (C=S) groups is 1. The predicted molar refractivity (Wildman–Crippen MR) is 144 cm³/mol. The second kappa shape index (κ2) is 11.3. The summed E-state index contributed by atoms with van der Waals surface area (Å²) in [6, 6.07) is 18.5. The van der Waals surface area contributed by atoms with Gasteiger partial charge in [0.25, 0.3) is 15.9 Å². The van der Waals surface area contributed by atoms with E-state index in [1.807, 2.05) is 32.0 Å². The van der Waals surface area contributed by atoms with Crippen molar-refractivity contribution in [1.29, 1.82) is 0 Å². The molecular formula is C26H29N3O4S2. The molecule has 35 heavy (non-hydrogen) atoms. The molecule has 3 aromatic carbocycles. The molecule has 0 bridgehead atoms. The number of carbonyl (C=O) groups is 1. The number of ether oxygens (including phenoxy) is 1. The Labute approximate surface area is 212 Å². The maximum atomic E-state index is 12.8. The first kappa shape index (κ1) is 26.2. The zero-order valence-corrected chi connectivity index (χ0v) is 21.7. The molecule has 0 aliphatic heterocycles. The first-order valence-corrected chi connectivity index (χ1v) is 13.0. The Bertz CT molecular complexity index is 1280. The highest BCUT2D eigenvalue weighted by Gasteiger charge is 2.17. The van der Waals surface area contributed by atoms with Crippen LogP contribution >= 0.6 is 12.2 Å². The first-order chi connectivity index (χ1) is 16.5. The monoisotopic (exact) mass is 511 g/mol. The van der Waals surface area contributed by atoms with Crippen molar-refractivity contribution in [2.75, 3.05) is 16.6 Å². The Morgan fingerprint density at radius 1 is 0.943 bits per heavy atom. The van der Waals surface area contributed by atoms with Gasteiger partial charge in [0.05, 0.1) is 17.2 Å². The van der Waals surface area contributed by atoms with Crippen LogP contribution in [0.2, 0.25) is 0 Å². The number of rotatable bonds is 8. The molecule has 184 valence electrons. The second-order valence-corrected chi connectivity index (χ2v) is 10.6.